The first-order valence-electron chi connectivity index (χ1n) is 4.67. The maximum atomic E-state index is 5.74. The van der Waals surface area contributed by atoms with Crippen molar-refractivity contribution in [1.29, 1.82) is 0 Å². The maximum absolute atomic E-state index is 5.74. The van der Waals surface area contributed by atoms with Gasteiger partial charge in [-0.05, 0) is 31.0 Å². The van der Waals surface area contributed by atoms with Crippen LogP contribution in [0.1, 0.15) is 25.8 Å². The van der Waals surface area contributed by atoms with Crippen molar-refractivity contribution in [3.05, 3.63) is 34.9 Å². The minimum atomic E-state index is 0.165. The molecule has 14 heavy (non-hydrogen) atoms. The van der Waals surface area contributed by atoms with E-state index in [0.717, 1.165) is 17.0 Å². The van der Waals surface area contributed by atoms with Crippen molar-refractivity contribution in [2.75, 3.05) is 0 Å². The Balaban J connectivity index is 2.48. The summed E-state index contributed by atoms with van der Waals surface area (Å²) < 4.78 is 0. The largest absolute Gasteiger partial charge is 0.393 e. The van der Waals surface area contributed by atoms with Crippen LogP contribution in [0.25, 0.3) is 0 Å². The number of hydrogen-bond donors (Lipinski definition) is 0. The molecule has 1 aromatic carbocycles. The van der Waals surface area contributed by atoms with Gasteiger partial charge >= 0.3 is 0 Å². The SMILES string of the molecule is CCC(C)ON=Cc1ccc(Cl)cc1. The molecule has 0 aromatic heterocycles. The van der Waals surface area contributed by atoms with Gasteiger partial charge in [0.2, 0.25) is 0 Å². The van der Waals surface area contributed by atoms with E-state index < -0.39 is 0 Å². The molecular formula is C11H14ClNO. The van der Waals surface area contributed by atoms with Gasteiger partial charge in [0.1, 0.15) is 6.10 Å². The monoisotopic (exact) mass is 211 g/mol. The van der Waals surface area contributed by atoms with Crippen molar-refractivity contribution in [2.24, 2.45) is 5.16 Å². The molecule has 0 aliphatic heterocycles. The smallest absolute Gasteiger partial charge is 0.124 e. The Bertz CT molecular complexity index is 295. The van der Waals surface area contributed by atoms with E-state index in [4.69, 9.17) is 16.4 Å². The highest BCUT2D eigenvalue weighted by atomic mass is 35.5. The first kappa shape index (κ1) is 11.1. The zero-order valence-electron chi connectivity index (χ0n) is 8.40. The van der Waals surface area contributed by atoms with Crippen molar-refractivity contribution in [1.82, 2.24) is 0 Å². The molecule has 0 saturated heterocycles. The lowest BCUT2D eigenvalue weighted by atomic mass is 10.2. The molecule has 0 amide bonds. The minimum Gasteiger partial charge on any atom is -0.393 e. The Hall–Kier alpha value is -1.02. The average molecular weight is 212 g/mol. The topological polar surface area (TPSA) is 21.6 Å². The van der Waals surface area contributed by atoms with Crippen molar-refractivity contribution in [2.45, 2.75) is 26.4 Å². The van der Waals surface area contributed by atoms with E-state index in [2.05, 4.69) is 12.1 Å². The van der Waals surface area contributed by atoms with Crippen LogP contribution in [0.15, 0.2) is 29.4 Å². The van der Waals surface area contributed by atoms with E-state index in [0.29, 0.717) is 0 Å². The van der Waals surface area contributed by atoms with Gasteiger partial charge in [0.05, 0.1) is 6.21 Å². The Kier molecular flexibility index (Phi) is 4.47. The number of halogens is 1. The van der Waals surface area contributed by atoms with E-state index in [-0.39, 0.29) is 6.10 Å². The molecular weight excluding hydrogens is 198 g/mol. The van der Waals surface area contributed by atoms with Crippen molar-refractivity contribution in [3.8, 4) is 0 Å². The van der Waals surface area contributed by atoms with Crippen LogP contribution in [0.3, 0.4) is 0 Å². The van der Waals surface area contributed by atoms with Gasteiger partial charge in [-0.15, -0.1) is 0 Å². The summed E-state index contributed by atoms with van der Waals surface area (Å²) in [6, 6.07) is 7.44. The normalized spacial score (nSPS) is 13.1. The van der Waals surface area contributed by atoms with Gasteiger partial charge in [0, 0.05) is 5.02 Å². The molecule has 76 valence electrons. The third-order valence-corrected chi connectivity index (χ3v) is 2.14. The van der Waals surface area contributed by atoms with Gasteiger partial charge in [0.15, 0.2) is 0 Å². The quantitative estimate of drug-likeness (QED) is 0.552. The Morgan fingerprint density at radius 2 is 2.07 bits per heavy atom. The predicted octanol–water partition coefficient (Wildman–Crippen LogP) is 3.49. The van der Waals surface area contributed by atoms with Crippen LogP contribution in [-0.4, -0.2) is 12.3 Å². The van der Waals surface area contributed by atoms with Crippen LogP contribution >= 0.6 is 11.6 Å². The summed E-state index contributed by atoms with van der Waals surface area (Å²) in [6.45, 7) is 4.04. The van der Waals surface area contributed by atoms with E-state index in [1.54, 1.807) is 6.21 Å². The van der Waals surface area contributed by atoms with Crippen LogP contribution in [0.5, 0.6) is 0 Å². The van der Waals surface area contributed by atoms with Crippen LogP contribution in [0.4, 0.5) is 0 Å². The van der Waals surface area contributed by atoms with Crippen LogP contribution in [0, 0.1) is 0 Å². The van der Waals surface area contributed by atoms with Crippen LogP contribution < -0.4 is 0 Å². The predicted molar refractivity (Wildman–Crippen MR) is 59.9 cm³/mol. The van der Waals surface area contributed by atoms with Gasteiger partial charge in [-0.2, -0.15) is 0 Å². The fourth-order valence-corrected chi connectivity index (χ4v) is 0.945. The van der Waals surface area contributed by atoms with Gasteiger partial charge in [-0.3, -0.25) is 0 Å². The third kappa shape index (κ3) is 3.79. The lowest BCUT2D eigenvalue weighted by Crippen LogP contribution is -2.01. The van der Waals surface area contributed by atoms with Gasteiger partial charge < -0.3 is 4.84 Å². The molecule has 0 spiro atoms. The molecule has 3 heteroatoms. The second-order valence-electron chi connectivity index (χ2n) is 3.11. The Labute approximate surface area is 89.5 Å². The molecule has 0 heterocycles. The molecule has 0 saturated carbocycles. The molecule has 0 fully saturated rings. The molecule has 1 unspecified atom stereocenters. The molecule has 1 rings (SSSR count). The molecule has 0 radical (unpaired) electrons. The average Bonchev–Trinajstić information content (AvgIpc) is 2.21. The summed E-state index contributed by atoms with van der Waals surface area (Å²) in [5.74, 6) is 0. The van der Waals surface area contributed by atoms with E-state index in [1.807, 2.05) is 31.2 Å². The second-order valence-corrected chi connectivity index (χ2v) is 3.55. The lowest BCUT2D eigenvalue weighted by Gasteiger charge is -2.04. The highest BCUT2D eigenvalue weighted by Gasteiger charge is 1.95. The Morgan fingerprint density at radius 1 is 1.43 bits per heavy atom. The number of rotatable bonds is 4. The zero-order valence-corrected chi connectivity index (χ0v) is 9.16. The van der Waals surface area contributed by atoms with Crippen molar-refractivity contribution < 1.29 is 4.84 Å². The summed E-state index contributed by atoms with van der Waals surface area (Å²) in [5.41, 5.74) is 0.984. The molecule has 0 bridgehead atoms. The summed E-state index contributed by atoms with van der Waals surface area (Å²) in [6.07, 6.45) is 2.80. The lowest BCUT2D eigenvalue weighted by molar-refractivity contribution is 0.0712. The third-order valence-electron chi connectivity index (χ3n) is 1.89. The minimum absolute atomic E-state index is 0.165. The molecule has 1 atom stereocenters. The fourth-order valence-electron chi connectivity index (χ4n) is 0.819. The summed E-state index contributed by atoms with van der Waals surface area (Å²) in [5, 5.41) is 4.60. The molecule has 0 aliphatic rings. The highest BCUT2D eigenvalue weighted by Crippen LogP contribution is 2.08. The van der Waals surface area contributed by atoms with Crippen LogP contribution in [0.2, 0.25) is 5.02 Å². The first-order chi connectivity index (χ1) is 6.72. The first-order valence-corrected chi connectivity index (χ1v) is 5.05. The van der Waals surface area contributed by atoms with Crippen LogP contribution in [-0.2, 0) is 4.84 Å². The van der Waals surface area contributed by atoms with Crippen molar-refractivity contribution >= 4 is 17.8 Å². The maximum Gasteiger partial charge on any atom is 0.124 e. The summed E-state index contributed by atoms with van der Waals surface area (Å²) >= 11 is 5.74. The molecule has 2 nitrogen and oxygen atoms in total. The summed E-state index contributed by atoms with van der Waals surface area (Å²) in [7, 11) is 0. The Morgan fingerprint density at radius 3 is 2.64 bits per heavy atom. The van der Waals surface area contributed by atoms with Gasteiger partial charge in [0.25, 0.3) is 0 Å². The van der Waals surface area contributed by atoms with Gasteiger partial charge in [-0.1, -0.05) is 35.8 Å². The number of nitrogens with zero attached hydrogens (tertiary/aromatic N) is 1. The van der Waals surface area contributed by atoms with E-state index in [9.17, 15) is 0 Å². The standard InChI is InChI=1S/C11H14ClNO/c1-3-9(2)14-13-8-10-4-6-11(12)7-5-10/h4-9H,3H2,1-2H3. The number of hydrogen-bond acceptors (Lipinski definition) is 2. The zero-order chi connectivity index (χ0) is 10.4. The van der Waals surface area contributed by atoms with Gasteiger partial charge in [-0.25, -0.2) is 0 Å². The van der Waals surface area contributed by atoms with Crippen molar-refractivity contribution in [3.63, 3.8) is 0 Å². The molecule has 0 aliphatic carbocycles. The van der Waals surface area contributed by atoms with E-state index in [1.165, 1.54) is 0 Å². The summed E-state index contributed by atoms with van der Waals surface area (Å²) in [4.78, 5) is 5.16. The second kappa shape index (κ2) is 5.66. The molecule has 0 N–H and O–H groups in total. The fraction of sp³-hybridized carbons (Fsp3) is 0.364. The highest BCUT2D eigenvalue weighted by molar-refractivity contribution is 6.30. The number of benzene rings is 1. The van der Waals surface area contributed by atoms with E-state index >= 15 is 0 Å². The number of oxime groups is 1. The molecule has 1 aromatic rings.